The maximum atomic E-state index is 12.8. The fourth-order valence-electron chi connectivity index (χ4n) is 3.42. The summed E-state index contributed by atoms with van der Waals surface area (Å²) in [7, 11) is 0. The second-order valence-corrected chi connectivity index (χ2v) is 6.76. The fraction of sp³-hybridized carbons (Fsp3) is 0.400. The van der Waals surface area contributed by atoms with Crippen molar-refractivity contribution in [1.82, 2.24) is 14.9 Å². The number of carbonyl (C=O) groups excluding carboxylic acids is 2. The number of hydrogen-bond donors (Lipinski definition) is 0. The number of hydrogen-bond acceptors (Lipinski definition) is 5. The number of anilines is 2. The van der Waals surface area contributed by atoms with Gasteiger partial charge in [0.2, 0.25) is 17.8 Å². The predicted octanol–water partition coefficient (Wildman–Crippen LogP) is 1.80. The predicted molar refractivity (Wildman–Crippen MR) is 105 cm³/mol. The number of para-hydroxylation sites is 1. The van der Waals surface area contributed by atoms with Gasteiger partial charge in [-0.1, -0.05) is 18.2 Å². The van der Waals surface area contributed by atoms with Crippen LogP contribution >= 0.6 is 0 Å². The zero-order valence-electron chi connectivity index (χ0n) is 16.1. The molecule has 27 heavy (non-hydrogen) atoms. The summed E-state index contributed by atoms with van der Waals surface area (Å²) >= 11 is 0. The van der Waals surface area contributed by atoms with Gasteiger partial charge in [0.1, 0.15) is 6.54 Å². The van der Waals surface area contributed by atoms with Crippen LogP contribution in [0.1, 0.15) is 18.1 Å². The minimum absolute atomic E-state index is 0.0403. The molecule has 1 aliphatic heterocycles. The summed E-state index contributed by atoms with van der Waals surface area (Å²) in [5.74, 6) is 0.518. The summed E-state index contributed by atoms with van der Waals surface area (Å²) in [5, 5.41) is 0. The van der Waals surface area contributed by atoms with Crippen molar-refractivity contribution in [2.45, 2.75) is 20.8 Å². The number of nitrogens with zero attached hydrogens (tertiary/aromatic N) is 5. The average molecular weight is 367 g/mol. The van der Waals surface area contributed by atoms with Gasteiger partial charge in [-0.2, -0.15) is 0 Å². The molecule has 1 aromatic carbocycles. The van der Waals surface area contributed by atoms with E-state index < -0.39 is 0 Å². The lowest BCUT2D eigenvalue weighted by Crippen LogP contribution is -2.52. The number of aryl methyl sites for hydroxylation is 2. The molecule has 2 aromatic rings. The second kappa shape index (κ2) is 8.16. The Bertz CT molecular complexity index is 796. The van der Waals surface area contributed by atoms with Gasteiger partial charge in [0.15, 0.2) is 0 Å². The van der Waals surface area contributed by atoms with E-state index in [9.17, 15) is 9.59 Å². The van der Waals surface area contributed by atoms with Crippen LogP contribution in [0.5, 0.6) is 0 Å². The van der Waals surface area contributed by atoms with Crippen LogP contribution in [0.25, 0.3) is 0 Å². The van der Waals surface area contributed by atoms with Crippen molar-refractivity contribution < 1.29 is 9.59 Å². The lowest BCUT2D eigenvalue weighted by atomic mass is 10.1. The van der Waals surface area contributed by atoms with E-state index in [1.165, 1.54) is 6.92 Å². The number of rotatable bonds is 4. The lowest BCUT2D eigenvalue weighted by Gasteiger charge is -2.36. The molecular formula is C20H25N5O2. The molecule has 0 saturated carbocycles. The molecule has 1 aromatic heterocycles. The van der Waals surface area contributed by atoms with E-state index in [1.807, 2.05) is 36.9 Å². The van der Waals surface area contributed by atoms with Crippen LogP contribution in [0.2, 0.25) is 0 Å². The highest BCUT2D eigenvalue weighted by Gasteiger charge is 2.26. The summed E-state index contributed by atoms with van der Waals surface area (Å²) < 4.78 is 0. The van der Waals surface area contributed by atoms with Gasteiger partial charge in [-0.05, 0) is 31.0 Å². The Morgan fingerprint density at radius 2 is 1.59 bits per heavy atom. The third kappa shape index (κ3) is 4.24. The molecule has 0 aliphatic carbocycles. The van der Waals surface area contributed by atoms with Gasteiger partial charge < -0.3 is 14.7 Å². The van der Waals surface area contributed by atoms with E-state index in [1.54, 1.807) is 23.4 Å². The number of benzene rings is 1. The number of amides is 2. The Balaban J connectivity index is 1.66. The van der Waals surface area contributed by atoms with Crippen LogP contribution in [0.4, 0.5) is 11.6 Å². The van der Waals surface area contributed by atoms with Crippen molar-refractivity contribution in [1.29, 1.82) is 0 Å². The molecule has 0 spiro atoms. The summed E-state index contributed by atoms with van der Waals surface area (Å²) in [6, 6.07) is 7.66. The Morgan fingerprint density at radius 1 is 1.00 bits per heavy atom. The van der Waals surface area contributed by atoms with Crippen molar-refractivity contribution in [2.24, 2.45) is 0 Å². The molecule has 1 saturated heterocycles. The van der Waals surface area contributed by atoms with Crippen LogP contribution < -0.4 is 9.80 Å². The summed E-state index contributed by atoms with van der Waals surface area (Å²) in [6.45, 7) is 8.03. The third-order valence-corrected chi connectivity index (χ3v) is 4.85. The Hall–Kier alpha value is -2.96. The van der Waals surface area contributed by atoms with E-state index in [4.69, 9.17) is 0 Å². The van der Waals surface area contributed by atoms with Gasteiger partial charge >= 0.3 is 0 Å². The van der Waals surface area contributed by atoms with Gasteiger partial charge in [-0.3, -0.25) is 9.59 Å². The zero-order valence-corrected chi connectivity index (χ0v) is 16.1. The number of carbonyl (C=O) groups is 2. The first-order valence-corrected chi connectivity index (χ1v) is 9.11. The summed E-state index contributed by atoms with van der Waals surface area (Å²) in [6.07, 6.45) is 3.43. The van der Waals surface area contributed by atoms with Gasteiger partial charge in [-0.15, -0.1) is 0 Å². The average Bonchev–Trinajstić information content (AvgIpc) is 2.67. The molecule has 7 nitrogen and oxygen atoms in total. The van der Waals surface area contributed by atoms with Crippen LogP contribution in [-0.2, 0) is 9.59 Å². The molecular weight excluding hydrogens is 342 g/mol. The molecule has 0 atom stereocenters. The molecule has 0 N–H and O–H groups in total. The fourth-order valence-corrected chi connectivity index (χ4v) is 3.42. The van der Waals surface area contributed by atoms with Gasteiger partial charge in [-0.25, -0.2) is 9.97 Å². The first-order chi connectivity index (χ1) is 13.0. The van der Waals surface area contributed by atoms with Gasteiger partial charge in [0.05, 0.1) is 5.69 Å². The van der Waals surface area contributed by atoms with E-state index >= 15 is 0 Å². The topological polar surface area (TPSA) is 69.6 Å². The maximum Gasteiger partial charge on any atom is 0.242 e. The number of aromatic nitrogens is 2. The van der Waals surface area contributed by atoms with E-state index in [0.717, 1.165) is 16.8 Å². The molecule has 2 amide bonds. The monoisotopic (exact) mass is 367 g/mol. The smallest absolute Gasteiger partial charge is 0.242 e. The minimum Gasteiger partial charge on any atom is -0.338 e. The molecule has 0 radical (unpaired) electrons. The largest absolute Gasteiger partial charge is 0.338 e. The van der Waals surface area contributed by atoms with Crippen LogP contribution in [-0.4, -0.2) is 59.4 Å². The Labute approximate surface area is 159 Å². The lowest BCUT2D eigenvalue weighted by molar-refractivity contribution is -0.131. The zero-order chi connectivity index (χ0) is 19.4. The molecule has 2 heterocycles. The minimum atomic E-state index is -0.128. The Morgan fingerprint density at radius 3 is 2.15 bits per heavy atom. The first-order valence-electron chi connectivity index (χ1n) is 9.11. The summed E-state index contributed by atoms with van der Waals surface area (Å²) in [4.78, 5) is 39.1. The molecule has 7 heteroatoms. The van der Waals surface area contributed by atoms with Gasteiger partial charge in [0.25, 0.3) is 0 Å². The molecule has 0 bridgehead atoms. The molecule has 1 fully saturated rings. The molecule has 3 rings (SSSR count). The van der Waals surface area contributed by atoms with Crippen LogP contribution in [0, 0.1) is 13.8 Å². The third-order valence-electron chi connectivity index (χ3n) is 4.85. The Kier molecular flexibility index (Phi) is 5.69. The van der Waals surface area contributed by atoms with Crippen molar-refractivity contribution >= 4 is 23.5 Å². The van der Waals surface area contributed by atoms with Crippen molar-refractivity contribution in [3.05, 3.63) is 47.8 Å². The van der Waals surface area contributed by atoms with Crippen molar-refractivity contribution in [3.63, 3.8) is 0 Å². The number of piperazine rings is 1. The highest BCUT2D eigenvalue weighted by Crippen LogP contribution is 2.25. The van der Waals surface area contributed by atoms with E-state index in [2.05, 4.69) is 14.9 Å². The van der Waals surface area contributed by atoms with Crippen molar-refractivity contribution in [3.8, 4) is 0 Å². The molecule has 142 valence electrons. The summed E-state index contributed by atoms with van der Waals surface area (Å²) in [5.41, 5.74) is 2.81. The highest BCUT2D eigenvalue weighted by atomic mass is 16.2. The normalized spacial score (nSPS) is 14.2. The van der Waals surface area contributed by atoms with Crippen LogP contribution in [0.15, 0.2) is 36.7 Å². The molecule has 1 aliphatic rings. The maximum absolute atomic E-state index is 12.8. The quantitative estimate of drug-likeness (QED) is 0.824. The second-order valence-electron chi connectivity index (χ2n) is 6.76. The van der Waals surface area contributed by atoms with Gasteiger partial charge in [0, 0.05) is 45.5 Å². The van der Waals surface area contributed by atoms with Crippen LogP contribution in [0.3, 0.4) is 0 Å². The SMILES string of the molecule is CC(=O)N(CC(=O)N1CCN(c2ncccn2)CC1)c1c(C)cccc1C. The standard InChI is InChI=1S/C20H25N5O2/c1-15-6-4-7-16(2)19(15)25(17(3)26)14-18(27)23-10-12-24(13-11-23)20-21-8-5-9-22-20/h4-9H,10-14H2,1-3H3. The van der Waals surface area contributed by atoms with Crippen molar-refractivity contribution in [2.75, 3.05) is 42.5 Å². The highest BCUT2D eigenvalue weighted by molar-refractivity contribution is 5.98. The van der Waals surface area contributed by atoms with E-state index in [0.29, 0.717) is 32.1 Å². The molecule has 0 unspecified atom stereocenters. The van der Waals surface area contributed by atoms with E-state index in [-0.39, 0.29) is 18.4 Å². The first kappa shape index (κ1) is 18.8.